The maximum atomic E-state index is 13.8. The Balaban J connectivity index is 1.10. The van der Waals surface area contributed by atoms with Gasteiger partial charge in [0, 0.05) is 30.7 Å². The molecule has 1 aromatic heterocycles. The summed E-state index contributed by atoms with van der Waals surface area (Å²) in [5, 5.41) is 6.59. The molecule has 4 aromatic rings. The summed E-state index contributed by atoms with van der Waals surface area (Å²) in [6, 6.07) is 25.1. The Labute approximate surface area is 252 Å². The lowest BCUT2D eigenvalue weighted by atomic mass is 9.73. The van der Waals surface area contributed by atoms with Crippen molar-refractivity contribution in [1.82, 2.24) is 20.5 Å². The van der Waals surface area contributed by atoms with Gasteiger partial charge < -0.3 is 15.5 Å². The van der Waals surface area contributed by atoms with Crippen LogP contribution in [0.3, 0.4) is 0 Å². The molecule has 2 aliphatic rings. The Morgan fingerprint density at radius 1 is 0.953 bits per heavy atom. The minimum atomic E-state index is -3.08. The van der Waals surface area contributed by atoms with Gasteiger partial charge in [0.15, 0.2) is 0 Å². The lowest BCUT2D eigenvalue weighted by Crippen LogP contribution is -2.47. The molecule has 1 saturated heterocycles. The van der Waals surface area contributed by atoms with Gasteiger partial charge >= 0.3 is 0 Å². The molecular formula is C34H35F2N4O2P. The van der Waals surface area contributed by atoms with Gasteiger partial charge in [0.25, 0.3) is 11.6 Å². The molecule has 2 atom stereocenters. The Bertz CT molecular complexity index is 1610. The zero-order chi connectivity index (χ0) is 30.0. The molecule has 2 amide bonds. The molecule has 6 nitrogen and oxygen atoms in total. The summed E-state index contributed by atoms with van der Waals surface area (Å²) in [6.07, 6.45) is 4.63. The van der Waals surface area contributed by atoms with Gasteiger partial charge in [-0.15, -0.1) is 0 Å². The fourth-order valence-electron chi connectivity index (χ4n) is 6.74. The first-order chi connectivity index (χ1) is 20.8. The SMILES string of the molecule is O=C(NC1CCN(CCCCC2(C(=O)NCC(F)(F)P)c3ccccc3-c3ccccc32)C1)c1ccnc2ccccc12. The van der Waals surface area contributed by atoms with E-state index in [0.29, 0.717) is 12.0 Å². The van der Waals surface area contributed by atoms with Crippen LogP contribution in [-0.2, 0) is 10.2 Å². The molecule has 2 unspecified atom stereocenters. The van der Waals surface area contributed by atoms with Crippen molar-refractivity contribution in [3.8, 4) is 11.1 Å². The second kappa shape index (κ2) is 12.1. The number of pyridine rings is 1. The summed E-state index contributed by atoms with van der Waals surface area (Å²) in [6.45, 7) is 1.73. The van der Waals surface area contributed by atoms with Crippen molar-refractivity contribution in [2.45, 2.75) is 42.8 Å². The number of fused-ring (bicyclic) bond motifs is 4. The topological polar surface area (TPSA) is 74.3 Å². The number of carbonyl (C=O) groups is 2. The number of benzene rings is 3. The number of aromatic nitrogens is 1. The van der Waals surface area contributed by atoms with Gasteiger partial charge in [0.1, 0.15) is 5.41 Å². The molecule has 1 aliphatic carbocycles. The van der Waals surface area contributed by atoms with E-state index in [0.717, 1.165) is 72.1 Å². The monoisotopic (exact) mass is 600 g/mol. The van der Waals surface area contributed by atoms with Crippen molar-refractivity contribution in [2.75, 3.05) is 26.2 Å². The molecular weight excluding hydrogens is 565 g/mol. The smallest absolute Gasteiger partial charge is 0.275 e. The largest absolute Gasteiger partial charge is 0.349 e. The van der Waals surface area contributed by atoms with Crippen LogP contribution in [0.5, 0.6) is 0 Å². The molecule has 0 saturated carbocycles. The molecule has 43 heavy (non-hydrogen) atoms. The fourth-order valence-corrected chi connectivity index (χ4v) is 6.84. The van der Waals surface area contributed by atoms with Gasteiger partial charge in [-0.05, 0) is 60.2 Å². The van der Waals surface area contributed by atoms with Crippen LogP contribution in [0.15, 0.2) is 85.1 Å². The van der Waals surface area contributed by atoms with Gasteiger partial charge in [-0.3, -0.25) is 14.6 Å². The van der Waals surface area contributed by atoms with Crippen molar-refractivity contribution in [3.05, 3.63) is 102 Å². The summed E-state index contributed by atoms with van der Waals surface area (Å²) in [5.41, 5.74) is 1.01. The van der Waals surface area contributed by atoms with Gasteiger partial charge in [-0.1, -0.05) is 82.4 Å². The first-order valence-corrected chi connectivity index (χ1v) is 15.4. The molecule has 1 fully saturated rings. The standard InChI is InChI=1S/C34H35F2N4O2P/c35-34(36,43)22-38-32(42)33(28-12-4-1-9-24(28)25-10-2-5-13-29(25)33)17-7-8-19-40-20-16-23(21-40)39-31(41)27-15-18-37-30-14-6-3-11-26(27)30/h1-6,9-15,18,23H,7-8,16-17,19-22,43H2,(H,38,42)(H,39,41). The maximum Gasteiger partial charge on any atom is 0.275 e. The van der Waals surface area contributed by atoms with E-state index >= 15 is 0 Å². The highest BCUT2D eigenvalue weighted by Crippen LogP contribution is 2.51. The molecule has 1 aliphatic heterocycles. The van der Waals surface area contributed by atoms with Crippen molar-refractivity contribution >= 4 is 32.0 Å². The number of rotatable bonds is 10. The average molecular weight is 601 g/mol. The van der Waals surface area contributed by atoms with Crippen molar-refractivity contribution in [2.24, 2.45) is 0 Å². The second-order valence-corrected chi connectivity index (χ2v) is 12.4. The van der Waals surface area contributed by atoms with Crippen molar-refractivity contribution in [3.63, 3.8) is 0 Å². The number of alkyl halides is 2. The number of nitrogens with zero attached hydrogens (tertiary/aromatic N) is 2. The molecule has 0 bridgehead atoms. The van der Waals surface area contributed by atoms with Gasteiger partial charge in [0.2, 0.25) is 5.91 Å². The summed E-state index contributed by atoms with van der Waals surface area (Å²) in [7, 11) is 1.50. The number of halogens is 2. The zero-order valence-electron chi connectivity index (χ0n) is 23.9. The quantitative estimate of drug-likeness (QED) is 0.179. The van der Waals surface area contributed by atoms with E-state index < -0.39 is 17.6 Å². The highest BCUT2D eigenvalue weighted by Gasteiger charge is 2.48. The minimum absolute atomic E-state index is 0.0544. The third kappa shape index (κ3) is 5.91. The van der Waals surface area contributed by atoms with Crippen LogP contribution in [0, 0.1) is 0 Å². The molecule has 9 heteroatoms. The predicted molar refractivity (Wildman–Crippen MR) is 168 cm³/mol. The third-order valence-corrected chi connectivity index (χ3v) is 8.92. The highest BCUT2D eigenvalue weighted by atomic mass is 31.0. The van der Waals surface area contributed by atoms with Crippen LogP contribution in [0.1, 0.15) is 47.2 Å². The molecule has 222 valence electrons. The molecule has 0 spiro atoms. The van der Waals surface area contributed by atoms with Gasteiger partial charge in [0.05, 0.1) is 17.6 Å². The Morgan fingerprint density at radius 2 is 1.63 bits per heavy atom. The predicted octanol–water partition coefficient (Wildman–Crippen LogP) is 5.76. The van der Waals surface area contributed by atoms with Gasteiger partial charge in [-0.25, -0.2) is 8.78 Å². The highest BCUT2D eigenvalue weighted by molar-refractivity contribution is 7.18. The Morgan fingerprint density at radius 3 is 2.35 bits per heavy atom. The van der Waals surface area contributed by atoms with E-state index in [1.165, 1.54) is 9.24 Å². The lowest BCUT2D eigenvalue weighted by Gasteiger charge is -2.31. The first kappa shape index (κ1) is 29.3. The second-order valence-electron chi connectivity index (χ2n) is 11.5. The van der Waals surface area contributed by atoms with E-state index in [4.69, 9.17) is 0 Å². The number of carbonyl (C=O) groups excluding carboxylic acids is 2. The number of nitrogens with one attached hydrogen (secondary N) is 2. The van der Waals surface area contributed by atoms with Crippen LogP contribution in [0.25, 0.3) is 22.0 Å². The maximum absolute atomic E-state index is 13.8. The van der Waals surface area contributed by atoms with Crippen LogP contribution >= 0.6 is 9.24 Å². The van der Waals surface area contributed by atoms with E-state index in [2.05, 4.69) is 20.5 Å². The summed E-state index contributed by atoms with van der Waals surface area (Å²) >= 11 is 0. The van der Waals surface area contributed by atoms with Crippen LogP contribution < -0.4 is 10.6 Å². The zero-order valence-corrected chi connectivity index (χ0v) is 25.0. The first-order valence-electron chi connectivity index (χ1n) is 14.8. The van der Waals surface area contributed by atoms with E-state index in [9.17, 15) is 18.4 Å². The van der Waals surface area contributed by atoms with E-state index in [1.54, 1.807) is 12.3 Å². The van der Waals surface area contributed by atoms with Crippen LogP contribution in [-0.4, -0.2) is 59.6 Å². The lowest BCUT2D eigenvalue weighted by molar-refractivity contribution is -0.126. The minimum Gasteiger partial charge on any atom is -0.349 e. The van der Waals surface area contributed by atoms with E-state index in [1.807, 2.05) is 72.8 Å². The third-order valence-electron chi connectivity index (χ3n) is 8.71. The van der Waals surface area contributed by atoms with E-state index in [-0.39, 0.29) is 17.9 Å². The molecule has 2 N–H and O–H groups in total. The van der Waals surface area contributed by atoms with Crippen molar-refractivity contribution < 1.29 is 18.4 Å². The number of hydrogen-bond acceptors (Lipinski definition) is 4. The van der Waals surface area contributed by atoms with Gasteiger partial charge in [-0.2, -0.15) is 0 Å². The normalized spacial score (nSPS) is 17.4. The molecule has 3 aromatic carbocycles. The number of para-hydroxylation sites is 1. The molecule has 0 radical (unpaired) electrons. The average Bonchev–Trinajstić information content (AvgIpc) is 3.58. The number of likely N-dealkylation sites (tertiary alicyclic amines) is 1. The molecule has 2 heterocycles. The number of amides is 2. The van der Waals surface area contributed by atoms with Crippen LogP contribution in [0.2, 0.25) is 0 Å². The summed E-state index contributed by atoms with van der Waals surface area (Å²) in [4.78, 5) is 33.6. The van der Waals surface area contributed by atoms with Crippen molar-refractivity contribution in [1.29, 1.82) is 0 Å². The van der Waals surface area contributed by atoms with Crippen LogP contribution in [0.4, 0.5) is 8.78 Å². The molecule has 6 rings (SSSR count). The fraction of sp³-hybridized carbons (Fsp3) is 0.324. The number of unbranched alkanes of at least 4 members (excludes halogenated alkanes) is 1. The summed E-state index contributed by atoms with van der Waals surface area (Å²) < 4.78 is 27.5. The summed E-state index contributed by atoms with van der Waals surface area (Å²) in [5.74, 6) is -0.479. The Hall–Kier alpha value is -3.74. The Kier molecular flexibility index (Phi) is 8.25. The number of hydrogen-bond donors (Lipinski definition) is 2.